The Balaban J connectivity index is 3.06. The van der Waals surface area contributed by atoms with Crippen LogP contribution >= 0.6 is 612 Å². The molecule has 0 saturated carbocycles. The maximum Gasteiger partial charge on any atom is 0.0746 e. The van der Waals surface area contributed by atoms with Gasteiger partial charge >= 0.3 is 0 Å². The van der Waals surface area contributed by atoms with Crippen LogP contribution < -0.4 is 0 Å². The molecular formula is CH4OS62. The molecule has 0 aliphatic heterocycles. The molecule has 0 N–H and O–H groups in total. The summed E-state index contributed by atoms with van der Waals surface area (Å²) in [6.07, 6.45) is 0. The summed E-state index contributed by atoms with van der Waals surface area (Å²) >= 11 is 5.49. The van der Waals surface area contributed by atoms with Gasteiger partial charge in [-0.25, -0.2) is 0 Å². The van der Waals surface area contributed by atoms with Crippen LogP contribution in [0.25, 0.3) is 0 Å². The van der Waals surface area contributed by atoms with E-state index in [1.165, 1.54) is 20.9 Å². The van der Waals surface area contributed by atoms with Crippen LogP contribution in [0, 0.1) is 0 Å². The SMILES string of the molecule is COSSSSSSSSSSSSSSSSSSSSSSSSSSSSSSSSSSSSSSSSSSSSSSSSSSSSSSSSSSSSSS. The summed E-state index contributed by atoms with van der Waals surface area (Å²) in [6.45, 7) is 0. The molecule has 0 spiro atoms. The lowest BCUT2D eigenvalue weighted by Crippen LogP contribution is -1.51. The van der Waals surface area contributed by atoms with Crippen LogP contribution in [0.2, 0.25) is 0 Å². The Hall–Kier alpha value is 21.7. The van der Waals surface area contributed by atoms with Crippen LogP contribution in [0.5, 0.6) is 0 Å². The summed E-state index contributed by atoms with van der Waals surface area (Å²) in [5.41, 5.74) is 0. The maximum absolute atomic E-state index is 4.92. The zero-order valence-electron chi connectivity index (χ0n) is 26.8. The fourth-order valence-corrected chi connectivity index (χ4v) is 162. The lowest BCUT2D eigenvalue weighted by atomic mass is 11.8. The molecule has 0 rings (SSSR count). The lowest BCUT2D eigenvalue weighted by molar-refractivity contribution is 0.498. The van der Waals surface area contributed by atoms with E-state index in [2.05, 4.69) is 11.7 Å². The van der Waals surface area contributed by atoms with Gasteiger partial charge in [0.15, 0.2) is 0 Å². The van der Waals surface area contributed by atoms with Crippen molar-refractivity contribution in [3.63, 3.8) is 0 Å². The highest BCUT2D eigenvalue weighted by atomic mass is 34.1. The second-order valence-electron chi connectivity index (χ2n) is 4.32. The highest BCUT2D eigenvalue weighted by Gasteiger charge is 2.05. The summed E-state index contributed by atoms with van der Waals surface area (Å²) in [4.78, 5) is 0. The van der Waals surface area contributed by atoms with Crippen molar-refractivity contribution in [1.29, 1.82) is 0 Å². The van der Waals surface area contributed by atoms with Crippen molar-refractivity contribution in [2.24, 2.45) is 0 Å². The molecule has 0 aromatic rings. The van der Waals surface area contributed by atoms with Crippen LogP contribution in [0.4, 0.5) is 0 Å². The third-order valence-corrected chi connectivity index (χ3v) is 134. The average Bonchev–Trinajstić information content (AvgIpc) is 3.31. The molecule has 0 fully saturated rings. The summed E-state index contributed by atoms with van der Waals surface area (Å²) in [5, 5.41) is 0. The monoisotopic (exact) mass is 2010 g/mol. The number of thiol groups is 1. The fourth-order valence-electron chi connectivity index (χ4n) is 0.698. The predicted molar refractivity (Wildman–Crippen MR) is 479 cm³/mol. The Labute approximate surface area is 606 Å². The van der Waals surface area contributed by atoms with E-state index >= 15 is 0 Å². The Morgan fingerprint density at radius 1 is 0.156 bits per heavy atom. The minimum absolute atomic E-state index is 1.40. The van der Waals surface area contributed by atoms with Crippen LogP contribution in [0.1, 0.15) is 0 Å². The van der Waals surface area contributed by atoms with E-state index in [-0.39, 0.29) is 0 Å². The topological polar surface area (TPSA) is 9.23 Å². The van der Waals surface area contributed by atoms with Crippen molar-refractivity contribution in [2.45, 2.75) is 0 Å². The molecule has 0 saturated heterocycles. The molecule has 63 heteroatoms. The van der Waals surface area contributed by atoms with Crippen molar-refractivity contribution >= 4 is 612 Å². The quantitative estimate of drug-likeness (QED) is 0.0268. The van der Waals surface area contributed by atoms with E-state index in [0.717, 1.165) is 0 Å². The van der Waals surface area contributed by atoms with E-state index < -0.39 is 0 Å². The maximum atomic E-state index is 4.92. The molecule has 0 aromatic heterocycles. The number of hydrogen-bond donors (Lipinski definition) is 1. The third kappa shape index (κ3) is 83.7. The molecule has 386 valence electrons. The van der Waals surface area contributed by atoms with Crippen LogP contribution in [0.15, 0.2) is 0 Å². The van der Waals surface area contributed by atoms with Crippen molar-refractivity contribution in [2.75, 3.05) is 7.11 Å². The fraction of sp³-hybridized carbons (Fsp3) is 1.00. The van der Waals surface area contributed by atoms with Gasteiger partial charge in [-0.3, -0.25) is 0 Å². The smallest absolute Gasteiger partial charge is 0.0746 e. The highest BCUT2D eigenvalue weighted by Crippen LogP contribution is 2.70. The Kier molecular flexibility index (Phi) is 113. The second-order valence-corrected chi connectivity index (χ2v) is 112. The van der Waals surface area contributed by atoms with E-state index in [9.17, 15) is 0 Å². The zero-order valence-corrected chi connectivity index (χ0v) is 77.5. The van der Waals surface area contributed by atoms with Crippen LogP contribution in [0.3, 0.4) is 0 Å². The van der Waals surface area contributed by atoms with Gasteiger partial charge in [-0.05, 0) is 78.6 Å². The lowest BCUT2D eigenvalue weighted by Gasteiger charge is -2.00. The number of rotatable bonds is 61. The van der Waals surface area contributed by atoms with Crippen molar-refractivity contribution < 1.29 is 4.18 Å². The van der Waals surface area contributed by atoms with Gasteiger partial charge in [-0.1, -0.05) is 11.7 Å². The third-order valence-electron chi connectivity index (χ3n) is 1.74. The first-order valence-corrected chi connectivity index (χ1v) is 92.6. The van der Waals surface area contributed by atoms with Gasteiger partial charge in [-0.15, -0.1) is 0 Å². The first kappa shape index (κ1) is 85.7. The Morgan fingerprint density at radius 3 is 0.344 bits per heavy atom. The normalized spacial score (nSPS) is 11.7. The molecule has 0 bridgehead atoms. The van der Waals surface area contributed by atoms with Crippen molar-refractivity contribution in [1.82, 2.24) is 0 Å². The minimum Gasteiger partial charge on any atom is -0.308 e. The first-order chi connectivity index (χ1) is 31.9. The molecular weight excluding hydrogens is 2020 g/mol. The van der Waals surface area contributed by atoms with Gasteiger partial charge in [0.2, 0.25) is 0 Å². The summed E-state index contributed by atoms with van der Waals surface area (Å²) in [6, 6.07) is 0. The summed E-state index contributed by atoms with van der Waals surface area (Å²) in [7, 11) is 110. The average molecular weight is 2020 g/mol. The predicted octanol–water partition coefficient (Wildman–Crippen LogP) is 40.0. The summed E-state index contributed by atoms with van der Waals surface area (Å²) in [5.74, 6) is 0. The summed E-state index contributed by atoms with van der Waals surface area (Å²) < 4.78 is 4.92. The number of hydrogen-bond acceptors (Lipinski definition) is 63. The standard InChI is InChI=1S/CH4OS62/c1-2-4-6-8-10-12-14-16-18-20-22-24-26-28-30-32-34-36-38-40-42-44-46-48-50-52-54-56-58-60-62-64-63-61-59-57-55-53-51-49-47-45-43-41-39-37-35-33-31-29-27-25-23-21-19-17-15-13-11-9-7-5-3/h3H,1H3. The second kappa shape index (κ2) is 84.7. The molecule has 0 atom stereocenters. The molecule has 64 heavy (non-hydrogen) atoms. The Bertz CT molecular complexity index is 691. The van der Waals surface area contributed by atoms with Gasteiger partial charge < -0.3 is 4.18 Å². The van der Waals surface area contributed by atoms with E-state index in [1.54, 1.807) is 115 Å². The van der Waals surface area contributed by atoms with Gasteiger partial charge in [0.1, 0.15) is 0 Å². The van der Waals surface area contributed by atoms with E-state index in [0.29, 0.717) is 0 Å². The molecule has 1 nitrogen and oxygen atoms in total. The van der Waals surface area contributed by atoms with E-state index in [4.69, 9.17) is 4.18 Å². The minimum atomic E-state index is 1.40. The molecule has 0 aliphatic carbocycles. The first-order valence-electron chi connectivity index (χ1n) is 10.8. The highest BCUT2D eigenvalue weighted by molar-refractivity contribution is 9.64. The Morgan fingerprint density at radius 2 is 0.250 bits per heavy atom. The van der Waals surface area contributed by atoms with Gasteiger partial charge in [0.25, 0.3) is 0 Å². The molecule has 0 unspecified atom stereocenters. The molecule has 0 amide bonds. The molecule has 0 heterocycles. The van der Waals surface area contributed by atoms with E-state index in [1.807, 2.05) is 472 Å². The van der Waals surface area contributed by atoms with Crippen molar-refractivity contribution in [3.8, 4) is 0 Å². The zero-order chi connectivity index (χ0) is 45.8. The van der Waals surface area contributed by atoms with Gasteiger partial charge in [0.05, 0.1) is 18.2 Å². The van der Waals surface area contributed by atoms with Crippen LogP contribution in [-0.2, 0) is 4.18 Å². The van der Waals surface area contributed by atoms with Gasteiger partial charge in [-0.2, -0.15) is 0 Å². The van der Waals surface area contributed by atoms with Gasteiger partial charge in [0, 0.05) is 511 Å². The van der Waals surface area contributed by atoms with Crippen LogP contribution in [-0.4, -0.2) is 7.11 Å². The van der Waals surface area contributed by atoms with Crippen molar-refractivity contribution in [3.05, 3.63) is 0 Å². The molecule has 0 aliphatic rings. The molecule has 0 aromatic carbocycles. The molecule has 0 radical (unpaired) electrons. The largest absolute Gasteiger partial charge is 0.308 e.